The second-order valence-electron chi connectivity index (χ2n) is 3.54. The summed E-state index contributed by atoms with van der Waals surface area (Å²) < 4.78 is 13.6. The zero-order chi connectivity index (χ0) is 11.3. The van der Waals surface area contributed by atoms with Crippen molar-refractivity contribution in [1.82, 2.24) is 5.32 Å². The van der Waals surface area contributed by atoms with E-state index in [-0.39, 0.29) is 5.82 Å². The number of benzene rings is 1. The van der Waals surface area contributed by atoms with Crippen molar-refractivity contribution in [3.05, 3.63) is 46.7 Å². The molecule has 0 fully saturated rings. The first-order chi connectivity index (χ1) is 7.13. The van der Waals surface area contributed by atoms with Crippen molar-refractivity contribution < 1.29 is 4.39 Å². The van der Waals surface area contributed by atoms with Crippen LogP contribution in [-0.2, 0) is 6.54 Å². The molecule has 1 aromatic rings. The van der Waals surface area contributed by atoms with Gasteiger partial charge in [0.2, 0.25) is 0 Å². The fourth-order valence-corrected chi connectivity index (χ4v) is 1.77. The maximum atomic E-state index is 12.8. The summed E-state index contributed by atoms with van der Waals surface area (Å²) in [7, 11) is 0. The molecule has 0 aliphatic rings. The zero-order valence-corrected chi connectivity index (χ0v) is 10.3. The molecule has 0 bridgehead atoms. The van der Waals surface area contributed by atoms with Crippen LogP contribution in [0, 0.1) is 5.82 Å². The molecule has 1 unspecified atom stereocenters. The van der Waals surface area contributed by atoms with Gasteiger partial charge in [-0.15, -0.1) is 6.58 Å². The molecule has 0 saturated carbocycles. The third kappa shape index (κ3) is 4.14. The normalized spacial score (nSPS) is 12.5. The topological polar surface area (TPSA) is 12.0 Å². The summed E-state index contributed by atoms with van der Waals surface area (Å²) in [5, 5.41) is 3.34. The van der Waals surface area contributed by atoms with E-state index in [1.807, 2.05) is 6.08 Å². The smallest absolute Gasteiger partial charge is 0.124 e. The Labute approximate surface area is 98.5 Å². The highest BCUT2D eigenvalue weighted by molar-refractivity contribution is 9.10. The van der Waals surface area contributed by atoms with Crippen molar-refractivity contribution in [1.29, 1.82) is 0 Å². The van der Waals surface area contributed by atoms with Gasteiger partial charge in [0.1, 0.15) is 5.82 Å². The molecule has 15 heavy (non-hydrogen) atoms. The van der Waals surface area contributed by atoms with Crippen LogP contribution >= 0.6 is 15.9 Å². The molecule has 1 aromatic carbocycles. The van der Waals surface area contributed by atoms with E-state index < -0.39 is 0 Å². The van der Waals surface area contributed by atoms with Crippen molar-refractivity contribution in [2.75, 3.05) is 0 Å². The van der Waals surface area contributed by atoms with Crippen LogP contribution in [0.4, 0.5) is 4.39 Å². The Morgan fingerprint density at radius 2 is 2.33 bits per heavy atom. The second-order valence-corrected chi connectivity index (χ2v) is 4.40. The fourth-order valence-electron chi connectivity index (χ4n) is 1.28. The second kappa shape index (κ2) is 6.03. The summed E-state index contributed by atoms with van der Waals surface area (Å²) in [6.07, 6.45) is 2.82. The number of rotatable bonds is 5. The Morgan fingerprint density at radius 1 is 1.60 bits per heavy atom. The van der Waals surface area contributed by atoms with Crippen LogP contribution in [0.3, 0.4) is 0 Å². The molecule has 0 radical (unpaired) electrons. The van der Waals surface area contributed by atoms with E-state index in [2.05, 4.69) is 34.7 Å². The van der Waals surface area contributed by atoms with Crippen molar-refractivity contribution in [3.8, 4) is 0 Å². The molecule has 0 heterocycles. The molecule has 82 valence electrons. The zero-order valence-electron chi connectivity index (χ0n) is 8.76. The van der Waals surface area contributed by atoms with Crippen molar-refractivity contribution in [2.45, 2.75) is 25.9 Å². The van der Waals surface area contributed by atoms with Gasteiger partial charge in [0, 0.05) is 17.1 Å². The molecule has 0 aliphatic carbocycles. The number of halogens is 2. The van der Waals surface area contributed by atoms with Crippen LogP contribution in [0.2, 0.25) is 0 Å². The van der Waals surface area contributed by atoms with Gasteiger partial charge in [-0.05, 0) is 31.0 Å². The van der Waals surface area contributed by atoms with E-state index >= 15 is 0 Å². The average molecular weight is 272 g/mol. The first-order valence-corrected chi connectivity index (χ1v) is 5.71. The van der Waals surface area contributed by atoms with E-state index in [1.54, 1.807) is 6.07 Å². The molecule has 0 spiro atoms. The quantitative estimate of drug-likeness (QED) is 0.807. The van der Waals surface area contributed by atoms with Crippen LogP contribution in [-0.4, -0.2) is 6.04 Å². The molecule has 3 heteroatoms. The van der Waals surface area contributed by atoms with Crippen molar-refractivity contribution in [3.63, 3.8) is 0 Å². The van der Waals surface area contributed by atoms with E-state index in [1.165, 1.54) is 12.1 Å². The summed E-state index contributed by atoms with van der Waals surface area (Å²) in [6.45, 7) is 6.51. The lowest BCUT2D eigenvalue weighted by molar-refractivity contribution is 0.551. The van der Waals surface area contributed by atoms with Gasteiger partial charge < -0.3 is 5.32 Å². The summed E-state index contributed by atoms with van der Waals surface area (Å²) in [5.74, 6) is -0.218. The highest BCUT2D eigenvalue weighted by Crippen LogP contribution is 2.17. The lowest BCUT2D eigenvalue weighted by Crippen LogP contribution is -2.24. The van der Waals surface area contributed by atoms with Gasteiger partial charge in [-0.1, -0.05) is 28.1 Å². The van der Waals surface area contributed by atoms with Crippen LogP contribution in [0.25, 0.3) is 0 Å². The minimum atomic E-state index is -0.218. The number of nitrogens with one attached hydrogen (secondary N) is 1. The van der Waals surface area contributed by atoms with Gasteiger partial charge in [-0.3, -0.25) is 0 Å². The van der Waals surface area contributed by atoms with E-state index in [0.29, 0.717) is 6.04 Å². The standard InChI is InChI=1S/C12H15BrFN/c1-3-4-9(2)15-8-10-5-6-11(14)7-12(10)13/h3,5-7,9,15H,1,4,8H2,2H3. The van der Waals surface area contributed by atoms with Gasteiger partial charge in [-0.2, -0.15) is 0 Å². The lowest BCUT2D eigenvalue weighted by atomic mass is 10.2. The summed E-state index contributed by atoms with van der Waals surface area (Å²) in [5.41, 5.74) is 1.06. The molecule has 1 rings (SSSR count). The highest BCUT2D eigenvalue weighted by atomic mass is 79.9. The number of hydrogen-bond donors (Lipinski definition) is 1. The minimum Gasteiger partial charge on any atom is -0.310 e. The highest BCUT2D eigenvalue weighted by Gasteiger charge is 2.03. The molecule has 0 amide bonds. The lowest BCUT2D eigenvalue weighted by Gasteiger charge is -2.12. The van der Waals surface area contributed by atoms with E-state index in [0.717, 1.165) is 23.0 Å². The Hall–Kier alpha value is -0.670. The molecule has 0 saturated heterocycles. The maximum absolute atomic E-state index is 12.8. The van der Waals surface area contributed by atoms with Crippen LogP contribution < -0.4 is 5.32 Å². The molecule has 1 N–H and O–H groups in total. The van der Waals surface area contributed by atoms with Crippen molar-refractivity contribution in [2.24, 2.45) is 0 Å². The minimum absolute atomic E-state index is 0.218. The SMILES string of the molecule is C=CCC(C)NCc1ccc(F)cc1Br. The Bertz CT molecular complexity index is 338. The van der Waals surface area contributed by atoms with E-state index in [4.69, 9.17) is 0 Å². The van der Waals surface area contributed by atoms with Gasteiger partial charge in [0.25, 0.3) is 0 Å². The molecule has 0 aromatic heterocycles. The van der Waals surface area contributed by atoms with Crippen LogP contribution in [0.1, 0.15) is 18.9 Å². The Balaban J connectivity index is 2.54. The predicted octanol–water partition coefficient (Wildman–Crippen LogP) is 3.64. The molecule has 1 nitrogen and oxygen atoms in total. The van der Waals surface area contributed by atoms with Crippen LogP contribution in [0.5, 0.6) is 0 Å². The summed E-state index contributed by atoms with van der Waals surface area (Å²) in [6, 6.07) is 5.13. The van der Waals surface area contributed by atoms with Gasteiger partial charge >= 0.3 is 0 Å². The maximum Gasteiger partial charge on any atom is 0.124 e. The molecule has 0 aliphatic heterocycles. The van der Waals surface area contributed by atoms with E-state index in [9.17, 15) is 4.39 Å². The first kappa shape index (κ1) is 12.4. The predicted molar refractivity (Wildman–Crippen MR) is 65.2 cm³/mol. The molecular weight excluding hydrogens is 257 g/mol. The van der Waals surface area contributed by atoms with Gasteiger partial charge in [0.05, 0.1) is 0 Å². The third-order valence-electron chi connectivity index (χ3n) is 2.18. The van der Waals surface area contributed by atoms with Crippen molar-refractivity contribution >= 4 is 15.9 Å². The van der Waals surface area contributed by atoms with Gasteiger partial charge in [0.15, 0.2) is 0 Å². The Morgan fingerprint density at radius 3 is 2.93 bits per heavy atom. The fraction of sp³-hybridized carbons (Fsp3) is 0.333. The largest absolute Gasteiger partial charge is 0.310 e. The Kier molecular flexibility index (Phi) is 4.99. The van der Waals surface area contributed by atoms with Crippen LogP contribution in [0.15, 0.2) is 35.3 Å². The van der Waals surface area contributed by atoms with Gasteiger partial charge in [-0.25, -0.2) is 4.39 Å². The monoisotopic (exact) mass is 271 g/mol. The number of hydrogen-bond acceptors (Lipinski definition) is 1. The molecular formula is C12H15BrFN. The molecule has 1 atom stereocenters. The first-order valence-electron chi connectivity index (χ1n) is 4.91. The third-order valence-corrected chi connectivity index (χ3v) is 2.91. The summed E-state index contributed by atoms with van der Waals surface area (Å²) in [4.78, 5) is 0. The summed E-state index contributed by atoms with van der Waals surface area (Å²) >= 11 is 3.34. The average Bonchev–Trinajstić information content (AvgIpc) is 2.17.